The number of aromatic nitrogens is 1. The highest BCUT2D eigenvalue weighted by Gasteiger charge is 2.11. The van der Waals surface area contributed by atoms with Gasteiger partial charge in [0.15, 0.2) is 0 Å². The summed E-state index contributed by atoms with van der Waals surface area (Å²) in [6.45, 7) is 0.672. The van der Waals surface area contributed by atoms with Crippen LogP contribution in [0.15, 0.2) is 29.1 Å². The zero-order chi connectivity index (χ0) is 13.1. The number of benzene rings is 1. The lowest BCUT2D eigenvalue weighted by molar-refractivity contribution is 0.893. The number of nitrogens with one attached hydrogen (secondary N) is 1. The molecule has 0 aliphatic heterocycles. The Bertz CT molecular complexity index is 553. The van der Waals surface area contributed by atoms with Crippen molar-refractivity contribution in [3.05, 3.63) is 45.4 Å². The summed E-state index contributed by atoms with van der Waals surface area (Å²) in [6, 6.07) is 5.36. The average Bonchev–Trinajstić information content (AvgIpc) is 2.81. The van der Waals surface area contributed by atoms with Crippen LogP contribution in [-0.4, -0.2) is 17.9 Å². The Morgan fingerprint density at radius 2 is 2.33 bits per heavy atom. The molecule has 0 saturated carbocycles. The Labute approximate surface area is 115 Å². The van der Waals surface area contributed by atoms with Crippen LogP contribution in [0, 0.1) is 5.41 Å². The number of thiazole rings is 1. The van der Waals surface area contributed by atoms with Crippen molar-refractivity contribution in [3.63, 3.8) is 0 Å². The van der Waals surface area contributed by atoms with Crippen molar-refractivity contribution >= 4 is 34.5 Å². The molecule has 0 bridgehead atoms. The lowest BCUT2D eigenvalue weighted by atomic mass is 10.1. The molecule has 2 aromatic rings. The lowest BCUT2D eigenvalue weighted by Gasteiger charge is -2.21. The zero-order valence-electron chi connectivity index (χ0n) is 9.85. The van der Waals surface area contributed by atoms with Gasteiger partial charge in [-0.25, -0.2) is 4.98 Å². The van der Waals surface area contributed by atoms with Gasteiger partial charge in [-0.05, 0) is 18.2 Å². The first kappa shape index (κ1) is 12.9. The number of nitrogen functional groups attached to an aromatic ring is 1. The second-order valence-electron chi connectivity index (χ2n) is 3.91. The Hall–Kier alpha value is -1.59. The van der Waals surface area contributed by atoms with Gasteiger partial charge in [0, 0.05) is 28.7 Å². The fraction of sp³-hybridized carbons (Fsp3) is 0.167. The molecule has 2 rings (SSSR count). The fourth-order valence-corrected chi connectivity index (χ4v) is 2.42. The van der Waals surface area contributed by atoms with Crippen molar-refractivity contribution in [2.75, 3.05) is 11.9 Å². The maximum absolute atomic E-state index is 7.59. The molecule has 1 heterocycles. The summed E-state index contributed by atoms with van der Waals surface area (Å²) >= 11 is 7.49. The van der Waals surface area contributed by atoms with E-state index in [1.165, 1.54) is 0 Å². The highest BCUT2D eigenvalue weighted by Crippen LogP contribution is 2.24. The van der Waals surface area contributed by atoms with Crippen molar-refractivity contribution in [1.82, 2.24) is 4.98 Å². The Balaban J connectivity index is 2.29. The predicted molar refractivity (Wildman–Crippen MR) is 76.7 cm³/mol. The summed E-state index contributed by atoms with van der Waals surface area (Å²) in [7, 11) is 1.94. The second-order valence-corrected chi connectivity index (χ2v) is 5.07. The van der Waals surface area contributed by atoms with Crippen LogP contribution in [0.2, 0.25) is 5.02 Å². The Kier molecular flexibility index (Phi) is 3.84. The SMILES string of the molecule is CN(Cc1cscn1)c1ccc(Cl)cc1C(=N)N. The molecule has 18 heavy (non-hydrogen) atoms. The van der Waals surface area contributed by atoms with Gasteiger partial charge in [0.1, 0.15) is 5.84 Å². The van der Waals surface area contributed by atoms with Gasteiger partial charge in [0.05, 0.1) is 17.7 Å². The molecule has 6 heteroatoms. The van der Waals surface area contributed by atoms with Gasteiger partial charge in [-0.1, -0.05) is 11.6 Å². The number of hydrogen-bond acceptors (Lipinski definition) is 4. The van der Waals surface area contributed by atoms with Gasteiger partial charge >= 0.3 is 0 Å². The number of anilines is 1. The van der Waals surface area contributed by atoms with E-state index in [1.54, 1.807) is 29.0 Å². The third-order valence-electron chi connectivity index (χ3n) is 2.54. The van der Waals surface area contributed by atoms with E-state index in [0.717, 1.165) is 11.4 Å². The summed E-state index contributed by atoms with van der Waals surface area (Å²) in [5.74, 6) is 0.0117. The van der Waals surface area contributed by atoms with Gasteiger partial charge in [0.25, 0.3) is 0 Å². The minimum absolute atomic E-state index is 0.0117. The van der Waals surface area contributed by atoms with Crippen LogP contribution >= 0.6 is 22.9 Å². The smallest absolute Gasteiger partial charge is 0.124 e. The van der Waals surface area contributed by atoms with E-state index in [1.807, 2.05) is 23.4 Å². The topological polar surface area (TPSA) is 66.0 Å². The minimum atomic E-state index is 0.0117. The highest BCUT2D eigenvalue weighted by atomic mass is 35.5. The first-order valence-electron chi connectivity index (χ1n) is 5.30. The molecule has 0 fully saturated rings. The number of amidine groups is 1. The second kappa shape index (κ2) is 5.37. The van der Waals surface area contributed by atoms with Crippen molar-refractivity contribution in [3.8, 4) is 0 Å². The average molecular weight is 281 g/mol. The number of hydrogen-bond donors (Lipinski definition) is 2. The van der Waals surface area contributed by atoms with Gasteiger partial charge in [-0.2, -0.15) is 0 Å². The Morgan fingerprint density at radius 3 is 2.94 bits per heavy atom. The van der Waals surface area contributed by atoms with E-state index >= 15 is 0 Å². The highest BCUT2D eigenvalue weighted by molar-refractivity contribution is 7.07. The van der Waals surface area contributed by atoms with Crippen molar-refractivity contribution < 1.29 is 0 Å². The number of halogens is 1. The molecule has 0 aliphatic rings. The van der Waals surface area contributed by atoms with Crippen LogP contribution in [0.1, 0.15) is 11.3 Å². The monoisotopic (exact) mass is 280 g/mol. The van der Waals surface area contributed by atoms with Gasteiger partial charge in [-0.3, -0.25) is 5.41 Å². The predicted octanol–water partition coefficient (Wildman–Crippen LogP) is 2.72. The molecule has 94 valence electrons. The molecule has 4 nitrogen and oxygen atoms in total. The van der Waals surface area contributed by atoms with Crippen molar-refractivity contribution in [2.24, 2.45) is 5.73 Å². The largest absolute Gasteiger partial charge is 0.384 e. The zero-order valence-corrected chi connectivity index (χ0v) is 11.4. The van der Waals surface area contributed by atoms with Crippen molar-refractivity contribution in [1.29, 1.82) is 5.41 Å². The molecule has 0 saturated heterocycles. The van der Waals surface area contributed by atoms with E-state index in [4.69, 9.17) is 22.7 Å². The summed E-state index contributed by atoms with van der Waals surface area (Å²) in [5.41, 5.74) is 9.89. The first-order chi connectivity index (χ1) is 8.58. The molecule has 0 unspecified atom stereocenters. The van der Waals surface area contributed by atoms with Gasteiger partial charge in [-0.15, -0.1) is 11.3 Å². The normalized spacial score (nSPS) is 10.3. The number of nitrogens with two attached hydrogens (primary N) is 1. The van der Waals surface area contributed by atoms with E-state index < -0.39 is 0 Å². The van der Waals surface area contributed by atoms with Crippen LogP contribution in [0.25, 0.3) is 0 Å². The molecular formula is C12H13ClN4S. The lowest BCUT2D eigenvalue weighted by Crippen LogP contribution is -2.22. The van der Waals surface area contributed by atoms with Gasteiger partial charge in [0.2, 0.25) is 0 Å². The molecule has 3 N–H and O–H groups in total. The third-order valence-corrected chi connectivity index (χ3v) is 3.41. The fourth-order valence-electron chi connectivity index (χ4n) is 1.70. The summed E-state index contributed by atoms with van der Waals surface area (Å²) < 4.78 is 0. The molecular weight excluding hydrogens is 268 g/mol. The molecule has 0 spiro atoms. The molecule has 0 amide bonds. The molecule has 0 radical (unpaired) electrons. The van der Waals surface area contributed by atoms with Gasteiger partial charge < -0.3 is 10.6 Å². The van der Waals surface area contributed by atoms with Crippen LogP contribution in [0.4, 0.5) is 5.69 Å². The third kappa shape index (κ3) is 2.80. The Morgan fingerprint density at radius 1 is 1.56 bits per heavy atom. The summed E-state index contributed by atoms with van der Waals surface area (Å²) in [5, 5.41) is 10.2. The standard InChI is InChI=1S/C12H13ClN4S/c1-17(5-9-6-18-7-16-9)11-3-2-8(13)4-10(11)12(14)15/h2-4,6-7H,5H2,1H3,(H3,14,15). The van der Waals surface area contributed by atoms with Crippen LogP contribution in [-0.2, 0) is 6.54 Å². The van der Waals surface area contributed by atoms with E-state index in [0.29, 0.717) is 17.1 Å². The molecule has 1 aromatic carbocycles. The maximum Gasteiger partial charge on any atom is 0.124 e. The van der Waals surface area contributed by atoms with Crippen LogP contribution < -0.4 is 10.6 Å². The maximum atomic E-state index is 7.59. The number of rotatable bonds is 4. The van der Waals surface area contributed by atoms with Crippen LogP contribution in [0.3, 0.4) is 0 Å². The minimum Gasteiger partial charge on any atom is -0.384 e. The van der Waals surface area contributed by atoms with E-state index in [9.17, 15) is 0 Å². The molecule has 0 atom stereocenters. The summed E-state index contributed by atoms with van der Waals surface area (Å²) in [4.78, 5) is 6.24. The quantitative estimate of drug-likeness (QED) is 0.668. The van der Waals surface area contributed by atoms with Crippen molar-refractivity contribution in [2.45, 2.75) is 6.54 Å². The molecule has 1 aromatic heterocycles. The molecule has 0 aliphatic carbocycles. The van der Waals surface area contributed by atoms with Crippen LogP contribution in [0.5, 0.6) is 0 Å². The first-order valence-corrected chi connectivity index (χ1v) is 6.62. The van der Waals surface area contributed by atoms with E-state index in [2.05, 4.69) is 4.98 Å². The number of nitrogens with zero attached hydrogens (tertiary/aromatic N) is 2. The van der Waals surface area contributed by atoms with E-state index in [-0.39, 0.29) is 5.84 Å². The summed E-state index contributed by atoms with van der Waals surface area (Å²) in [6.07, 6.45) is 0.